The fourth-order valence-electron chi connectivity index (χ4n) is 2.47. The van der Waals surface area contributed by atoms with Crippen molar-refractivity contribution in [3.05, 3.63) is 18.0 Å². The van der Waals surface area contributed by atoms with Gasteiger partial charge in [-0.15, -0.1) is 0 Å². The molecule has 1 amide bonds. The van der Waals surface area contributed by atoms with Gasteiger partial charge in [0, 0.05) is 26.3 Å². The summed E-state index contributed by atoms with van der Waals surface area (Å²) < 4.78 is 27.3. The Bertz CT molecular complexity index is 629. The Hall–Kier alpha value is -1.38. The van der Waals surface area contributed by atoms with Crippen LogP contribution in [0.25, 0.3) is 0 Å². The van der Waals surface area contributed by atoms with Gasteiger partial charge in [-0.25, -0.2) is 8.42 Å². The molecular formula is C12H19N3O4S. The molecule has 8 heteroatoms. The van der Waals surface area contributed by atoms with Crippen molar-refractivity contribution in [2.45, 2.75) is 30.3 Å². The lowest BCUT2D eigenvalue weighted by Crippen LogP contribution is -2.63. The van der Waals surface area contributed by atoms with Crippen molar-refractivity contribution in [3.63, 3.8) is 0 Å². The summed E-state index contributed by atoms with van der Waals surface area (Å²) in [6.45, 7) is 2.11. The minimum absolute atomic E-state index is 0.0207. The molecule has 2 heterocycles. The largest absolute Gasteiger partial charge is 0.387 e. The number of rotatable bonds is 5. The van der Waals surface area contributed by atoms with Crippen LogP contribution in [0.2, 0.25) is 0 Å². The first-order valence-electron chi connectivity index (χ1n) is 6.38. The summed E-state index contributed by atoms with van der Waals surface area (Å²) in [5.74, 6) is -0.681. The maximum absolute atomic E-state index is 12.3. The van der Waals surface area contributed by atoms with Crippen molar-refractivity contribution in [2.75, 3.05) is 13.1 Å². The van der Waals surface area contributed by atoms with Gasteiger partial charge in [0.15, 0.2) is 0 Å². The third-order valence-electron chi connectivity index (χ3n) is 3.53. The predicted octanol–water partition coefficient (Wildman–Crippen LogP) is -0.340. The summed E-state index contributed by atoms with van der Waals surface area (Å²) in [6, 6.07) is 1.26. The van der Waals surface area contributed by atoms with Gasteiger partial charge < -0.3 is 15.4 Å². The number of hydrogen-bond acceptors (Lipinski definition) is 4. The molecule has 1 aliphatic heterocycles. The molecule has 1 saturated heterocycles. The topological polar surface area (TPSA) is 106 Å². The molecule has 0 aromatic carbocycles. The Morgan fingerprint density at radius 2 is 2.10 bits per heavy atom. The summed E-state index contributed by atoms with van der Waals surface area (Å²) in [4.78, 5) is 11.2. The van der Waals surface area contributed by atoms with Crippen LogP contribution in [0.1, 0.15) is 30.3 Å². The van der Waals surface area contributed by atoms with E-state index in [1.807, 2.05) is 6.92 Å². The summed E-state index contributed by atoms with van der Waals surface area (Å²) in [5, 5.41) is 10.1. The van der Waals surface area contributed by atoms with Crippen molar-refractivity contribution in [2.24, 2.45) is 12.8 Å². The Labute approximate surface area is 118 Å². The highest BCUT2D eigenvalue weighted by Crippen LogP contribution is 2.31. The number of amides is 1. The van der Waals surface area contributed by atoms with E-state index in [0.29, 0.717) is 6.42 Å². The highest BCUT2D eigenvalue weighted by Gasteiger charge is 2.46. The van der Waals surface area contributed by atoms with Gasteiger partial charge in [-0.1, -0.05) is 13.3 Å². The SMILES string of the molecule is CCCC1(O)CN(S(=O)(=O)c2cc(C(N)=O)n(C)c2)C1. The Morgan fingerprint density at radius 3 is 2.55 bits per heavy atom. The van der Waals surface area contributed by atoms with Gasteiger partial charge in [0.1, 0.15) is 10.6 Å². The number of carbonyl (C=O) groups excluding carboxylic acids is 1. The highest BCUT2D eigenvalue weighted by atomic mass is 32.2. The van der Waals surface area contributed by atoms with Crippen LogP contribution in [0.3, 0.4) is 0 Å². The quantitative estimate of drug-likeness (QED) is 0.776. The summed E-state index contributed by atoms with van der Waals surface area (Å²) in [6.07, 6.45) is 2.72. The Balaban J connectivity index is 2.21. The zero-order valence-electron chi connectivity index (χ0n) is 11.5. The zero-order valence-corrected chi connectivity index (χ0v) is 12.4. The number of aliphatic hydroxyl groups is 1. The smallest absolute Gasteiger partial charge is 0.265 e. The van der Waals surface area contributed by atoms with Crippen LogP contribution in [0, 0.1) is 0 Å². The lowest BCUT2D eigenvalue weighted by molar-refractivity contribution is -0.0653. The highest BCUT2D eigenvalue weighted by molar-refractivity contribution is 7.89. The molecule has 112 valence electrons. The van der Waals surface area contributed by atoms with Crippen LogP contribution in [0.4, 0.5) is 0 Å². The van der Waals surface area contributed by atoms with Gasteiger partial charge in [-0.2, -0.15) is 4.31 Å². The summed E-state index contributed by atoms with van der Waals surface area (Å²) in [7, 11) is -2.12. The molecule has 0 bridgehead atoms. The van der Waals surface area contributed by atoms with E-state index in [1.165, 1.54) is 21.1 Å². The normalized spacial score (nSPS) is 18.8. The fraction of sp³-hybridized carbons (Fsp3) is 0.583. The van der Waals surface area contributed by atoms with Crippen molar-refractivity contribution in [1.29, 1.82) is 0 Å². The van der Waals surface area contributed by atoms with Gasteiger partial charge in [0.05, 0.1) is 5.60 Å². The first kappa shape index (κ1) is 15.0. The summed E-state index contributed by atoms with van der Waals surface area (Å²) in [5.41, 5.74) is 4.37. The number of nitrogens with zero attached hydrogens (tertiary/aromatic N) is 2. The number of aryl methyl sites for hydroxylation is 1. The molecule has 0 radical (unpaired) electrons. The van der Waals surface area contributed by atoms with Crippen molar-refractivity contribution in [3.8, 4) is 0 Å². The average Bonchev–Trinajstić information content (AvgIpc) is 2.69. The van der Waals surface area contributed by atoms with Crippen LogP contribution >= 0.6 is 0 Å². The molecule has 1 fully saturated rings. The van der Waals surface area contributed by atoms with E-state index in [-0.39, 0.29) is 23.7 Å². The van der Waals surface area contributed by atoms with Gasteiger partial charge >= 0.3 is 0 Å². The number of primary amides is 1. The molecule has 0 spiro atoms. The van der Waals surface area contributed by atoms with E-state index in [1.54, 1.807) is 7.05 Å². The van der Waals surface area contributed by atoms with E-state index in [9.17, 15) is 18.3 Å². The van der Waals surface area contributed by atoms with Crippen molar-refractivity contribution < 1.29 is 18.3 Å². The molecule has 1 aliphatic rings. The van der Waals surface area contributed by atoms with Crippen molar-refractivity contribution in [1.82, 2.24) is 8.87 Å². The van der Waals surface area contributed by atoms with Gasteiger partial charge in [-0.3, -0.25) is 4.79 Å². The molecular weight excluding hydrogens is 282 g/mol. The molecule has 1 aromatic rings. The van der Waals surface area contributed by atoms with Gasteiger partial charge in [0.2, 0.25) is 10.0 Å². The van der Waals surface area contributed by atoms with E-state index >= 15 is 0 Å². The van der Waals surface area contributed by atoms with Crippen molar-refractivity contribution >= 4 is 15.9 Å². The van der Waals surface area contributed by atoms with Crippen LogP contribution in [0.15, 0.2) is 17.2 Å². The van der Waals surface area contributed by atoms with E-state index < -0.39 is 21.5 Å². The van der Waals surface area contributed by atoms with E-state index in [0.717, 1.165) is 6.42 Å². The second-order valence-corrected chi connectivity index (χ2v) is 7.22. The van der Waals surface area contributed by atoms with E-state index in [2.05, 4.69) is 0 Å². The number of carbonyl (C=O) groups is 1. The lowest BCUT2D eigenvalue weighted by atomic mass is 9.92. The van der Waals surface area contributed by atoms with Gasteiger partial charge in [-0.05, 0) is 12.5 Å². The van der Waals surface area contributed by atoms with Crippen LogP contribution in [-0.2, 0) is 17.1 Å². The molecule has 0 aliphatic carbocycles. The molecule has 3 N–H and O–H groups in total. The van der Waals surface area contributed by atoms with Crippen LogP contribution < -0.4 is 5.73 Å². The standard InChI is InChI=1S/C12H19N3O4S/c1-3-4-12(17)7-15(8-12)20(18,19)9-5-10(11(13)16)14(2)6-9/h5-6,17H,3-4,7-8H2,1-2H3,(H2,13,16). The number of sulfonamides is 1. The maximum Gasteiger partial charge on any atom is 0.265 e. The minimum Gasteiger partial charge on any atom is -0.387 e. The number of aromatic nitrogens is 1. The fourth-order valence-corrected chi connectivity index (χ4v) is 4.14. The first-order valence-corrected chi connectivity index (χ1v) is 7.82. The molecule has 2 rings (SSSR count). The second kappa shape index (κ2) is 4.87. The number of β-amino-alcohol motifs (C(OH)–C–C–N with tert-alkyl or cyclic N) is 1. The minimum atomic E-state index is -3.68. The average molecular weight is 301 g/mol. The van der Waals surface area contributed by atoms with Gasteiger partial charge in [0.25, 0.3) is 5.91 Å². The Morgan fingerprint density at radius 1 is 1.50 bits per heavy atom. The molecule has 0 saturated carbocycles. The molecule has 0 unspecified atom stereocenters. The molecule has 0 atom stereocenters. The monoisotopic (exact) mass is 301 g/mol. The van der Waals surface area contributed by atoms with Crippen LogP contribution in [0.5, 0.6) is 0 Å². The lowest BCUT2D eigenvalue weighted by Gasteiger charge is -2.45. The molecule has 20 heavy (non-hydrogen) atoms. The summed E-state index contributed by atoms with van der Waals surface area (Å²) >= 11 is 0. The molecule has 1 aromatic heterocycles. The van der Waals surface area contributed by atoms with E-state index in [4.69, 9.17) is 5.73 Å². The Kier molecular flexibility index (Phi) is 3.66. The number of nitrogens with two attached hydrogens (primary N) is 1. The third-order valence-corrected chi connectivity index (χ3v) is 5.28. The second-order valence-electron chi connectivity index (χ2n) is 5.28. The number of hydrogen-bond donors (Lipinski definition) is 2. The predicted molar refractivity (Wildman–Crippen MR) is 72.5 cm³/mol. The zero-order chi connectivity index (χ0) is 15.1. The molecule has 7 nitrogen and oxygen atoms in total. The first-order chi connectivity index (χ1) is 9.19. The third kappa shape index (κ3) is 2.46. The van der Waals surface area contributed by atoms with Crippen LogP contribution in [-0.4, -0.2) is 47.0 Å². The maximum atomic E-state index is 12.3.